The van der Waals surface area contributed by atoms with Gasteiger partial charge in [0.2, 0.25) is 0 Å². The van der Waals surface area contributed by atoms with E-state index in [1.807, 2.05) is 30.3 Å². The summed E-state index contributed by atoms with van der Waals surface area (Å²) in [7, 11) is 0. The topological polar surface area (TPSA) is 103 Å². The number of amides is 3. The number of allylic oxidation sites excluding steroid dienone is 1. The van der Waals surface area contributed by atoms with Crippen molar-refractivity contribution in [2.24, 2.45) is 0 Å². The van der Waals surface area contributed by atoms with Crippen molar-refractivity contribution < 1.29 is 14.3 Å². The van der Waals surface area contributed by atoms with Crippen LogP contribution in [0.25, 0.3) is 0 Å². The summed E-state index contributed by atoms with van der Waals surface area (Å²) in [5.41, 5.74) is 3.43. The van der Waals surface area contributed by atoms with E-state index in [0.717, 1.165) is 16.8 Å². The third-order valence-corrected chi connectivity index (χ3v) is 4.86. The van der Waals surface area contributed by atoms with Crippen molar-refractivity contribution in [3.8, 4) is 11.8 Å². The molecule has 0 saturated carbocycles. The number of carbonyl (C=O) groups excluding carboxylic acids is 2. The molecule has 0 bridgehead atoms. The normalized spacial score (nSPS) is 15.8. The zero-order valence-corrected chi connectivity index (χ0v) is 17.2. The van der Waals surface area contributed by atoms with Crippen LogP contribution in [0.15, 0.2) is 59.8 Å². The van der Waals surface area contributed by atoms with Crippen LogP contribution in [0.4, 0.5) is 10.5 Å². The summed E-state index contributed by atoms with van der Waals surface area (Å²) >= 11 is 0. The average Bonchev–Trinajstić information content (AvgIpc) is 2.72. The maximum absolute atomic E-state index is 13.2. The van der Waals surface area contributed by atoms with Crippen molar-refractivity contribution in [1.82, 2.24) is 10.6 Å². The van der Waals surface area contributed by atoms with Gasteiger partial charge in [0.1, 0.15) is 11.8 Å². The summed E-state index contributed by atoms with van der Waals surface area (Å²) in [4.78, 5) is 25.3. The molecule has 0 saturated heterocycles. The Bertz CT molecular complexity index is 1020. The molecular formula is C23H24N4O3. The second-order valence-electron chi connectivity index (χ2n) is 7.28. The Hall–Kier alpha value is -3.79. The minimum Gasteiger partial charge on any atom is -0.479 e. The van der Waals surface area contributed by atoms with Gasteiger partial charge in [0.05, 0.1) is 11.6 Å². The number of nitriles is 1. The number of para-hydroxylation sites is 1. The molecule has 3 N–H and O–H groups in total. The number of hydrogen-bond donors (Lipinski definition) is 3. The molecule has 0 unspecified atom stereocenters. The van der Waals surface area contributed by atoms with Gasteiger partial charge in [-0.3, -0.25) is 4.79 Å². The van der Waals surface area contributed by atoms with Crippen molar-refractivity contribution in [2.75, 3.05) is 11.9 Å². The molecule has 0 spiro atoms. The Morgan fingerprint density at radius 1 is 1.20 bits per heavy atom. The molecule has 30 heavy (non-hydrogen) atoms. The molecule has 0 aliphatic carbocycles. The maximum Gasteiger partial charge on any atom is 0.319 e. The molecule has 1 heterocycles. The van der Waals surface area contributed by atoms with E-state index in [4.69, 9.17) is 10.00 Å². The average molecular weight is 404 g/mol. The van der Waals surface area contributed by atoms with E-state index < -0.39 is 6.04 Å². The van der Waals surface area contributed by atoms with Gasteiger partial charge in [0.25, 0.3) is 5.91 Å². The summed E-state index contributed by atoms with van der Waals surface area (Å²) in [6, 6.07) is 15.6. The zero-order chi connectivity index (χ0) is 21.7. The molecule has 7 heteroatoms. The van der Waals surface area contributed by atoms with E-state index in [9.17, 15) is 9.59 Å². The lowest BCUT2D eigenvalue weighted by atomic mass is 9.94. The highest BCUT2D eigenvalue weighted by Crippen LogP contribution is 2.30. The van der Waals surface area contributed by atoms with Crippen LogP contribution in [0.2, 0.25) is 0 Å². The van der Waals surface area contributed by atoms with Crippen molar-refractivity contribution in [1.29, 1.82) is 5.26 Å². The fourth-order valence-electron chi connectivity index (χ4n) is 3.42. The van der Waals surface area contributed by atoms with E-state index in [2.05, 4.69) is 29.8 Å². The standard InChI is InChI=1S/C23H24N4O3/c1-14(2)18-6-4-5-7-19(18)26-22(28)20-15(3)25-23(29)27-21(20)16-8-10-17(11-9-16)30-13-12-24/h4-11,14,21H,13H2,1-3H3,(H,26,28)(H2,25,27,29)/t21-/m0/s1. The van der Waals surface area contributed by atoms with Gasteiger partial charge in [0, 0.05) is 11.4 Å². The Morgan fingerprint density at radius 2 is 1.90 bits per heavy atom. The first kappa shape index (κ1) is 20.9. The summed E-state index contributed by atoms with van der Waals surface area (Å²) in [6.45, 7) is 5.79. The van der Waals surface area contributed by atoms with Gasteiger partial charge in [-0.1, -0.05) is 44.2 Å². The molecule has 1 aliphatic rings. The van der Waals surface area contributed by atoms with Crippen molar-refractivity contribution >= 4 is 17.6 Å². The molecule has 7 nitrogen and oxygen atoms in total. The molecule has 154 valence electrons. The minimum absolute atomic E-state index is 0.0502. The SMILES string of the molecule is CC1=C(C(=O)Nc2ccccc2C(C)C)[C@H](c2ccc(OCC#N)cc2)NC(=O)N1. The molecule has 0 fully saturated rings. The zero-order valence-electron chi connectivity index (χ0n) is 17.2. The van der Waals surface area contributed by atoms with Crippen LogP contribution in [-0.2, 0) is 4.79 Å². The monoisotopic (exact) mass is 404 g/mol. The van der Waals surface area contributed by atoms with E-state index in [0.29, 0.717) is 17.0 Å². The van der Waals surface area contributed by atoms with Gasteiger partial charge in [-0.25, -0.2) is 4.79 Å². The Kier molecular flexibility index (Phi) is 6.38. The van der Waals surface area contributed by atoms with Crippen LogP contribution < -0.4 is 20.7 Å². The molecule has 2 aromatic carbocycles. The number of hydrogen-bond acceptors (Lipinski definition) is 4. The third kappa shape index (κ3) is 4.61. The Morgan fingerprint density at radius 3 is 2.57 bits per heavy atom. The molecule has 3 amide bonds. The van der Waals surface area contributed by atoms with Crippen molar-refractivity contribution in [3.63, 3.8) is 0 Å². The molecule has 0 radical (unpaired) electrons. The van der Waals surface area contributed by atoms with Crippen LogP contribution in [0, 0.1) is 11.3 Å². The fraction of sp³-hybridized carbons (Fsp3) is 0.261. The Labute approximate surface area is 175 Å². The highest BCUT2D eigenvalue weighted by molar-refractivity contribution is 6.07. The molecule has 1 aliphatic heterocycles. The first-order chi connectivity index (χ1) is 14.4. The molecule has 0 aromatic heterocycles. The second kappa shape index (κ2) is 9.14. The molecule has 1 atom stereocenters. The second-order valence-corrected chi connectivity index (χ2v) is 7.28. The largest absolute Gasteiger partial charge is 0.479 e. The minimum atomic E-state index is -0.616. The van der Waals surface area contributed by atoms with E-state index in [1.54, 1.807) is 31.2 Å². The van der Waals surface area contributed by atoms with Gasteiger partial charge in [-0.05, 0) is 42.2 Å². The number of carbonyl (C=O) groups is 2. The summed E-state index contributed by atoms with van der Waals surface area (Å²) in [5, 5.41) is 17.1. The van der Waals surface area contributed by atoms with Crippen molar-refractivity contribution in [3.05, 3.63) is 70.9 Å². The first-order valence-electron chi connectivity index (χ1n) is 9.69. The highest BCUT2D eigenvalue weighted by atomic mass is 16.5. The van der Waals surface area contributed by atoms with Crippen LogP contribution in [0.3, 0.4) is 0 Å². The highest BCUT2D eigenvalue weighted by Gasteiger charge is 2.31. The van der Waals surface area contributed by atoms with E-state index in [-0.39, 0.29) is 24.5 Å². The first-order valence-corrected chi connectivity index (χ1v) is 9.69. The maximum atomic E-state index is 13.2. The van der Waals surface area contributed by atoms with Gasteiger partial charge in [-0.15, -0.1) is 0 Å². The van der Waals surface area contributed by atoms with Crippen LogP contribution >= 0.6 is 0 Å². The summed E-state index contributed by atoms with van der Waals surface area (Å²) in [5.74, 6) is 0.499. The number of benzene rings is 2. The number of nitrogens with one attached hydrogen (secondary N) is 3. The lowest BCUT2D eigenvalue weighted by Crippen LogP contribution is -2.46. The number of rotatable bonds is 6. The van der Waals surface area contributed by atoms with Crippen LogP contribution in [0.5, 0.6) is 5.75 Å². The van der Waals surface area contributed by atoms with Crippen LogP contribution in [-0.4, -0.2) is 18.5 Å². The van der Waals surface area contributed by atoms with Gasteiger partial charge in [0.15, 0.2) is 6.61 Å². The molecular weight excluding hydrogens is 380 g/mol. The molecule has 3 rings (SSSR count). The number of ether oxygens (including phenoxy) is 1. The van der Waals surface area contributed by atoms with E-state index >= 15 is 0 Å². The van der Waals surface area contributed by atoms with Crippen molar-refractivity contribution in [2.45, 2.75) is 32.7 Å². The molecule has 2 aromatic rings. The Balaban J connectivity index is 1.90. The van der Waals surface area contributed by atoms with Crippen LogP contribution in [0.1, 0.15) is 43.9 Å². The number of nitrogens with zero attached hydrogens (tertiary/aromatic N) is 1. The third-order valence-electron chi connectivity index (χ3n) is 4.86. The van der Waals surface area contributed by atoms with Gasteiger partial charge < -0.3 is 20.7 Å². The lowest BCUT2D eigenvalue weighted by Gasteiger charge is -2.29. The lowest BCUT2D eigenvalue weighted by molar-refractivity contribution is -0.113. The van der Waals surface area contributed by atoms with Gasteiger partial charge in [-0.2, -0.15) is 5.26 Å². The fourth-order valence-corrected chi connectivity index (χ4v) is 3.42. The number of urea groups is 1. The summed E-state index contributed by atoms with van der Waals surface area (Å²) in [6.07, 6.45) is 0. The van der Waals surface area contributed by atoms with E-state index in [1.165, 1.54) is 0 Å². The predicted molar refractivity (Wildman–Crippen MR) is 114 cm³/mol. The van der Waals surface area contributed by atoms with Gasteiger partial charge >= 0.3 is 6.03 Å². The smallest absolute Gasteiger partial charge is 0.319 e. The summed E-state index contributed by atoms with van der Waals surface area (Å²) < 4.78 is 5.28. The predicted octanol–water partition coefficient (Wildman–Crippen LogP) is 3.98. The number of anilines is 1. The quantitative estimate of drug-likeness (QED) is 0.677.